The molecule has 2 fully saturated rings. The molecule has 1 N–H and O–H groups in total. The molecule has 10 heteroatoms. The van der Waals surface area contributed by atoms with Gasteiger partial charge in [0.2, 0.25) is 5.91 Å². The lowest BCUT2D eigenvalue weighted by atomic mass is 10.2. The first-order valence-electron chi connectivity index (χ1n) is 10.8. The number of morpholine rings is 1. The van der Waals surface area contributed by atoms with E-state index in [1.54, 1.807) is 16.2 Å². The van der Waals surface area contributed by atoms with Gasteiger partial charge >= 0.3 is 0 Å². The Labute approximate surface area is 204 Å². The second-order valence-electron chi connectivity index (χ2n) is 8.00. The summed E-state index contributed by atoms with van der Waals surface area (Å²) in [6.45, 7) is 2.77. The molecule has 2 saturated heterocycles. The molecule has 7 nitrogen and oxygen atoms in total. The van der Waals surface area contributed by atoms with Crippen LogP contribution in [0.4, 0.5) is 11.4 Å². The monoisotopic (exact) mass is 502 g/mol. The second kappa shape index (κ2) is 9.90. The van der Waals surface area contributed by atoms with E-state index in [0.717, 1.165) is 49.9 Å². The highest BCUT2D eigenvalue weighted by molar-refractivity contribution is 7.23. The summed E-state index contributed by atoms with van der Waals surface area (Å²) in [6, 6.07) is 11.1. The maximum atomic E-state index is 13.0. The number of hydrogen-bond acceptors (Lipinski definition) is 7. The van der Waals surface area contributed by atoms with Crippen molar-refractivity contribution >= 4 is 57.5 Å². The Balaban J connectivity index is 1.20. The molecule has 172 valence electrons. The summed E-state index contributed by atoms with van der Waals surface area (Å²) in [5, 5.41) is 4.00. The molecule has 0 radical (unpaired) electrons. The highest BCUT2D eigenvalue weighted by atomic mass is 35.5. The Morgan fingerprint density at radius 3 is 2.79 bits per heavy atom. The van der Waals surface area contributed by atoms with E-state index in [0.29, 0.717) is 19.7 Å². The van der Waals surface area contributed by atoms with Crippen molar-refractivity contribution in [2.75, 3.05) is 36.5 Å². The minimum absolute atomic E-state index is 0.00234. The molecule has 2 aliphatic heterocycles. The van der Waals surface area contributed by atoms with Gasteiger partial charge in [0.15, 0.2) is 0 Å². The summed E-state index contributed by atoms with van der Waals surface area (Å²) < 4.78 is 5.94. The predicted octanol–water partition coefficient (Wildman–Crippen LogP) is 4.49. The molecule has 0 spiro atoms. The van der Waals surface area contributed by atoms with Crippen molar-refractivity contribution < 1.29 is 14.3 Å². The number of nitrogens with one attached hydrogen (secondary N) is 1. The average molecular weight is 503 g/mol. The van der Waals surface area contributed by atoms with Gasteiger partial charge in [0, 0.05) is 35.5 Å². The molecule has 2 amide bonds. The van der Waals surface area contributed by atoms with Gasteiger partial charge in [-0.05, 0) is 55.8 Å². The molecule has 4 heterocycles. The third-order valence-corrected chi connectivity index (χ3v) is 8.18. The maximum absolute atomic E-state index is 13.0. The number of halogens is 1. The number of benzene rings is 1. The molecular formula is C23H23ClN4O3S2. The second-order valence-corrected chi connectivity index (χ2v) is 10.8. The summed E-state index contributed by atoms with van der Waals surface area (Å²) in [7, 11) is 0. The van der Waals surface area contributed by atoms with E-state index < -0.39 is 0 Å². The fourth-order valence-corrected chi connectivity index (χ4v) is 6.22. The van der Waals surface area contributed by atoms with Crippen molar-refractivity contribution in [1.29, 1.82) is 0 Å². The van der Waals surface area contributed by atoms with Gasteiger partial charge in [-0.25, -0.2) is 4.98 Å². The number of carbonyl (C=O) groups excluding carboxylic acids is 2. The quantitative estimate of drug-likeness (QED) is 0.537. The summed E-state index contributed by atoms with van der Waals surface area (Å²) >= 11 is 9.22. The van der Waals surface area contributed by atoms with Crippen LogP contribution in [0.5, 0.6) is 0 Å². The molecule has 1 unspecified atom stereocenters. The van der Waals surface area contributed by atoms with Gasteiger partial charge in [0.1, 0.15) is 11.6 Å². The molecule has 0 aliphatic carbocycles. The predicted molar refractivity (Wildman–Crippen MR) is 132 cm³/mol. The summed E-state index contributed by atoms with van der Waals surface area (Å²) in [5.41, 5.74) is 1.54. The first-order valence-corrected chi connectivity index (χ1v) is 12.8. The van der Waals surface area contributed by atoms with Crippen molar-refractivity contribution in [3.63, 3.8) is 0 Å². The first-order chi connectivity index (χ1) is 16.1. The van der Waals surface area contributed by atoms with Crippen molar-refractivity contribution in [1.82, 2.24) is 9.88 Å². The zero-order valence-corrected chi connectivity index (χ0v) is 20.2. The molecule has 2 aromatic heterocycles. The standard InChI is InChI=1S/C23H23ClN4O3S2/c24-20-8-7-19(33-20)23-25-12-17(32-23)13-27-9-1-2-18(27)22(30)26-15-3-5-16(6-4-15)28-10-11-31-14-21(28)29/h3-8,12,18H,1-2,9-11,13-14H2,(H,26,30). The molecule has 5 rings (SSSR count). The van der Waals surface area contributed by atoms with Gasteiger partial charge in [0.25, 0.3) is 5.91 Å². The summed E-state index contributed by atoms with van der Waals surface area (Å²) in [6.07, 6.45) is 3.72. The molecule has 0 bridgehead atoms. The zero-order valence-electron chi connectivity index (χ0n) is 17.8. The van der Waals surface area contributed by atoms with Crippen LogP contribution in [0.15, 0.2) is 42.6 Å². The van der Waals surface area contributed by atoms with Crippen molar-refractivity contribution in [3.8, 4) is 9.88 Å². The molecular weight excluding hydrogens is 480 g/mol. The van der Waals surface area contributed by atoms with Crippen LogP contribution in [0.3, 0.4) is 0 Å². The molecule has 2 aliphatic rings. The van der Waals surface area contributed by atoms with E-state index in [2.05, 4.69) is 15.2 Å². The highest BCUT2D eigenvalue weighted by Gasteiger charge is 2.31. The first kappa shape index (κ1) is 22.5. The van der Waals surface area contributed by atoms with E-state index in [1.807, 2.05) is 42.6 Å². The van der Waals surface area contributed by atoms with Crippen molar-refractivity contribution in [2.45, 2.75) is 25.4 Å². The highest BCUT2D eigenvalue weighted by Crippen LogP contribution is 2.34. The Hall–Kier alpha value is -2.30. The van der Waals surface area contributed by atoms with Gasteiger partial charge in [-0.2, -0.15) is 0 Å². The van der Waals surface area contributed by atoms with E-state index in [1.165, 1.54) is 11.3 Å². The number of hydrogen-bond donors (Lipinski definition) is 1. The van der Waals surface area contributed by atoms with Crippen LogP contribution in [-0.2, 0) is 20.9 Å². The largest absolute Gasteiger partial charge is 0.370 e. The van der Waals surface area contributed by atoms with Crippen molar-refractivity contribution in [3.05, 3.63) is 51.8 Å². The van der Waals surface area contributed by atoms with Gasteiger partial charge in [-0.1, -0.05) is 11.6 Å². The lowest BCUT2D eigenvalue weighted by molar-refractivity contribution is -0.125. The Kier molecular flexibility index (Phi) is 6.75. The van der Waals surface area contributed by atoms with Crippen LogP contribution < -0.4 is 10.2 Å². The number of aromatic nitrogens is 1. The molecule has 33 heavy (non-hydrogen) atoms. The van der Waals surface area contributed by atoms with Crippen LogP contribution in [0.25, 0.3) is 9.88 Å². The Morgan fingerprint density at radius 2 is 2.03 bits per heavy atom. The normalized spacial score (nSPS) is 19.2. The fourth-order valence-electron chi connectivity index (χ4n) is 4.18. The van der Waals surface area contributed by atoms with Gasteiger partial charge < -0.3 is 15.0 Å². The number of thiophene rings is 1. The fraction of sp³-hybridized carbons (Fsp3) is 0.348. The van der Waals surface area contributed by atoms with E-state index in [-0.39, 0.29) is 24.5 Å². The van der Waals surface area contributed by atoms with Crippen LogP contribution >= 0.6 is 34.3 Å². The van der Waals surface area contributed by atoms with Crippen LogP contribution in [0, 0.1) is 0 Å². The number of rotatable bonds is 6. The molecule has 1 atom stereocenters. The summed E-state index contributed by atoms with van der Waals surface area (Å²) in [4.78, 5) is 35.7. The number of carbonyl (C=O) groups is 2. The molecule has 3 aromatic rings. The minimum Gasteiger partial charge on any atom is -0.370 e. The number of anilines is 2. The van der Waals surface area contributed by atoms with Crippen LogP contribution in [-0.4, -0.2) is 54.0 Å². The van der Waals surface area contributed by atoms with Crippen LogP contribution in [0.1, 0.15) is 17.7 Å². The topological polar surface area (TPSA) is 74.8 Å². The van der Waals surface area contributed by atoms with Gasteiger partial charge in [-0.3, -0.25) is 14.5 Å². The third kappa shape index (κ3) is 5.12. The van der Waals surface area contributed by atoms with Gasteiger partial charge in [-0.15, -0.1) is 22.7 Å². The maximum Gasteiger partial charge on any atom is 0.253 e. The number of thiazole rings is 1. The van der Waals surface area contributed by atoms with Crippen LogP contribution in [0.2, 0.25) is 4.34 Å². The molecule has 0 saturated carbocycles. The Morgan fingerprint density at radius 1 is 1.18 bits per heavy atom. The Bertz CT molecular complexity index is 1150. The molecule has 1 aromatic carbocycles. The SMILES string of the molecule is O=C(Nc1ccc(N2CCOCC2=O)cc1)C1CCCN1Cc1cnc(-c2ccc(Cl)s2)s1. The number of nitrogens with zero attached hydrogens (tertiary/aromatic N) is 3. The third-order valence-electron chi connectivity index (χ3n) is 5.80. The van der Waals surface area contributed by atoms with E-state index in [9.17, 15) is 9.59 Å². The zero-order chi connectivity index (χ0) is 22.8. The van der Waals surface area contributed by atoms with E-state index >= 15 is 0 Å². The minimum atomic E-state index is -0.174. The lowest BCUT2D eigenvalue weighted by Crippen LogP contribution is -2.41. The smallest absolute Gasteiger partial charge is 0.253 e. The van der Waals surface area contributed by atoms with E-state index in [4.69, 9.17) is 16.3 Å². The summed E-state index contributed by atoms with van der Waals surface area (Å²) in [5.74, 6) is -0.0505. The lowest BCUT2D eigenvalue weighted by Gasteiger charge is -2.27. The number of ether oxygens (including phenoxy) is 1. The average Bonchev–Trinajstić information content (AvgIpc) is 3.56. The van der Waals surface area contributed by atoms with Crippen molar-refractivity contribution in [2.24, 2.45) is 0 Å². The number of amides is 2. The van der Waals surface area contributed by atoms with Gasteiger partial charge in [0.05, 0.1) is 21.9 Å². The number of likely N-dealkylation sites (tertiary alicyclic amines) is 1.